The molecule has 0 radical (unpaired) electrons. The summed E-state index contributed by atoms with van der Waals surface area (Å²) in [5, 5.41) is 21.6. The minimum Gasteiger partial charge on any atom is -0.396 e. The minimum atomic E-state index is -0.431. The lowest BCUT2D eigenvalue weighted by atomic mass is 9.65. The lowest BCUT2D eigenvalue weighted by molar-refractivity contribution is -0.0223. The Morgan fingerprint density at radius 2 is 2.08 bits per heavy atom. The third kappa shape index (κ3) is 1.65. The third-order valence-electron chi connectivity index (χ3n) is 6.64. The SMILES string of the molecule is CC(O)C1=CN2[C@H]3C[C@H]1[C@@H](CO)[C@@H]2Cc1c3n(C)c2ccccc12. The van der Waals surface area contributed by atoms with E-state index < -0.39 is 6.10 Å². The highest BCUT2D eigenvalue weighted by atomic mass is 16.3. The normalized spacial score (nSPS) is 32.0. The maximum absolute atomic E-state index is 10.2. The molecule has 4 aliphatic heterocycles. The van der Waals surface area contributed by atoms with Gasteiger partial charge in [-0.05, 0) is 42.9 Å². The van der Waals surface area contributed by atoms with Crippen LogP contribution in [0.1, 0.15) is 30.6 Å². The molecule has 1 fully saturated rings. The molecular weight excluding hydrogens is 300 g/mol. The molecule has 5 heterocycles. The van der Waals surface area contributed by atoms with Gasteiger partial charge in [-0.1, -0.05) is 18.2 Å². The van der Waals surface area contributed by atoms with Crippen molar-refractivity contribution in [3.63, 3.8) is 0 Å². The third-order valence-corrected chi connectivity index (χ3v) is 6.64. The number of aliphatic hydroxyl groups is 2. The molecule has 4 heteroatoms. The molecule has 1 saturated heterocycles. The van der Waals surface area contributed by atoms with Crippen LogP contribution in [0.4, 0.5) is 0 Å². The lowest BCUT2D eigenvalue weighted by Crippen LogP contribution is -2.57. The van der Waals surface area contributed by atoms with Crippen molar-refractivity contribution in [2.45, 2.75) is 38.0 Å². The number of aliphatic hydroxyl groups excluding tert-OH is 2. The van der Waals surface area contributed by atoms with E-state index in [0.29, 0.717) is 18.0 Å². The van der Waals surface area contributed by atoms with Crippen molar-refractivity contribution in [3.8, 4) is 0 Å². The predicted octanol–water partition coefficient (Wildman–Crippen LogP) is 2.35. The van der Waals surface area contributed by atoms with Crippen LogP contribution in [0.25, 0.3) is 10.9 Å². The molecule has 1 aromatic heterocycles. The summed E-state index contributed by atoms with van der Waals surface area (Å²) in [6, 6.07) is 9.37. The van der Waals surface area contributed by atoms with Gasteiger partial charge in [0.2, 0.25) is 0 Å². The molecule has 1 unspecified atom stereocenters. The zero-order chi connectivity index (χ0) is 16.6. The van der Waals surface area contributed by atoms with E-state index in [2.05, 4.69) is 47.0 Å². The van der Waals surface area contributed by atoms with E-state index >= 15 is 0 Å². The van der Waals surface area contributed by atoms with Crippen molar-refractivity contribution >= 4 is 10.9 Å². The smallest absolute Gasteiger partial charge is 0.0741 e. The van der Waals surface area contributed by atoms with Crippen LogP contribution in [0, 0.1) is 11.8 Å². The summed E-state index contributed by atoms with van der Waals surface area (Å²) >= 11 is 0. The fraction of sp³-hybridized carbons (Fsp3) is 0.500. The van der Waals surface area contributed by atoms with E-state index in [4.69, 9.17) is 0 Å². The summed E-state index contributed by atoms with van der Waals surface area (Å²) in [7, 11) is 2.17. The maximum Gasteiger partial charge on any atom is 0.0741 e. The van der Waals surface area contributed by atoms with Gasteiger partial charge in [0.15, 0.2) is 0 Å². The van der Waals surface area contributed by atoms with Crippen LogP contribution in [0.3, 0.4) is 0 Å². The fourth-order valence-corrected chi connectivity index (χ4v) is 5.61. The summed E-state index contributed by atoms with van der Waals surface area (Å²) in [5.41, 5.74) is 5.29. The lowest BCUT2D eigenvalue weighted by Gasteiger charge is -2.57. The Kier molecular flexibility index (Phi) is 2.95. The molecule has 0 aliphatic carbocycles. The van der Waals surface area contributed by atoms with Gasteiger partial charge >= 0.3 is 0 Å². The van der Waals surface area contributed by atoms with Gasteiger partial charge in [-0.15, -0.1) is 0 Å². The van der Waals surface area contributed by atoms with Crippen molar-refractivity contribution < 1.29 is 10.2 Å². The molecule has 2 aromatic rings. The van der Waals surface area contributed by atoms with E-state index in [1.54, 1.807) is 0 Å². The van der Waals surface area contributed by atoms with Gasteiger partial charge in [-0.2, -0.15) is 0 Å². The van der Waals surface area contributed by atoms with E-state index in [9.17, 15) is 10.2 Å². The number of rotatable bonds is 2. The Bertz CT molecular complexity index is 851. The van der Waals surface area contributed by atoms with Crippen LogP contribution in [-0.2, 0) is 13.5 Å². The number of benzene rings is 1. The second-order valence-corrected chi connectivity index (χ2v) is 7.67. The highest BCUT2D eigenvalue weighted by molar-refractivity contribution is 5.86. The molecule has 4 bridgehead atoms. The van der Waals surface area contributed by atoms with Gasteiger partial charge in [0, 0.05) is 48.4 Å². The number of fused-ring (bicyclic) bond motifs is 3. The quantitative estimate of drug-likeness (QED) is 0.891. The first kappa shape index (κ1) is 14.6. The predicted molar refractivity (Wildman–Crippen MR) is 93.4 cm³/mol. The molecule has 126 valence electrons. The Labute approximate surface area is 142 Å². The molecular formula is C20H24N2O2. The largest absolute Gasteiger partial charge is 0.396 e. The molecule has 24 heavy (non-hydrogen) atoms. The minimum absolute atomic E-state index is 0.197. The second-order valence-electron chi connectivity index (χ2n) is 7.67. The first-order chi connectivity index (χ1) is 11.6. The number of hydrogen-bond acceptors (Lipinski definition) is 3. The van der Waals surface area contributed by atoms with E-state index in [-0.39, 0.29) is 12.5 Å². The second kappa shape index (κ2) is 4.87. The molecule has 0 saturated carbocycles. The molecule has 0 spiro atoms. The number of aromatic nitrogens is 1. The highest BCUT2D eigenvalue weighted by Gasteiger charge is 2.52. The standard InChI is InChI=1S/C20H24N2O2/c1-11(24)15-9-22-18-8-14-12-5-3-4-6-17(12)21(2)20(14)19(22)7-13(15)16(18)10-23/h3-6,9,11,13,16,18-19,23-24H,7-8,10H2,1-2H3/t11?,13-,16-,18+,19+/m1/s1. The first-order valence-corrected chi connectivity index (χ1v) is 8.96. The molecule has 4 nitrogen and oxygen atoms in total. The maximum atomic E-state index is 10.2. The summed E-state index contributed by atoms with van der Waals surface area (Å²) in [5.74, 6) is 0.518. The Balaban J connectivity index is 1.72. The zero-order valence-corrected chi connectivity index (χ0v) is 14.2. The number of hydrogen-bond donors (Lipinski definition) is 2. The molecule has 0 amide bonds. The fourth-order valence-electron chi connectivity index (χ4n) is 5.61. The molecule has 1 aromatic carbocycles. The molecule has 6 rings (SSSR count). The van der Waals surface area contributed by atoms with Gasteiger partial charge in [-0.3, -0.25) is 0 Å². The molecule has 4 aliphatic rings. The molecule has 2 N–H and O–H groups in total. The number of aryl methyl sites for hydroxylation is 1. The van der Waals surface area contributed by atoms with E-state index in [1.165, 1.54) is 22.2 Å². The van der Waals surface area contributed by atoms with Crippen LogP contribution in [-0.4, -0.2) is 38.4 Å². The van der Waals surface area contributed by atoms with Crippen molar-refractivity contribution in [2.24, 2.45) is 18.9 Å². The summed E-state index contributed by atoms with van der Waals surface area (Å²) in [6.07, 6.45) is 3.74. The summed E-state index contributed by atoms with van der Waals surface area (Å²) in [4.78, 5) is 2.43. The van der Waals surface area contributed by atoms with Crippen molar-refractivity contribution in [3.05, 3.63) is 47.3 Å². The van der Waals surface area contributed by atoms with Crippen LogP contribution >= 0.6 is 0 Å². The number of nitrogens with zero attached hydrogens (tertiary/aromatic N) is 2. The van der Waals surface area contributed by atoms with E-state index in [1.807, 2.05) is 6.92 Å². The number of piperidine rings is 1. The van der Waals surface area contributed by atoms with Crippen molar-refractivity contribution in [1.82, 2.24) is 9.47 Å². The summed E-state index contributed by atoms with van der Waals surface area (Å²) < 4.78 is 2.36. The van der Waals surface area contributed by atoms with Crippen LogP contribution in [0.5, 0.6) is 0 Å². The Morgan fingerprint density at radius 1 is 1.29 bits per heavy atom. The van der Waals surface area contributed by atoms with Crippen molar-refractivity contribution in [1.29, 1.82) is 0 Å². The Hall–Kier alpha value is -1.78. The van der Waals surface area contributed by atoms with Gasteiger partial charge in [-0.25, -0.2) is 0 Å². The van der Waals surface area contributed by atoms with Crippen LogP contribution < -0.4 is 0 Å². The average molecular weight is 324 g/mol. The monoisotopic (exact) mass is 324 g/mol. The topological polar surface area (TPSA) is 48.6 Å². The average Bonchev–Trinajstić information content (AvgIpc) is 2.88. The van der Waals surface area contributed by atoms with Gasteiger partial charge in [0.05, 0.1) is 12.1 Å². The van der Waals surface area contributed by atoms with Gasteiger partial charge in [0.25, 0.3) is 0 Å². The summed E-state index contributed by atoms with van der Waals surface area (Å²) in [6.45, 7) is 2.04. The van der Waals surface area contributed by atoms with Crippen molar-refractivity contribution in [2.75, 3.05) is 6.61 Å². The van der Waals surface area contributed by atoms with Gasteiger partial charge < -0.3 is 19.7 Å². The highest BCUT2D eigenvalue weighted by Crippen LogP contribution is 2.54. The van der Waals surface area contributed by atoms with Crippen LogP contribution in [0.2, 0.25) is 0 Å². The number of para-hydroxylation sites is 1. The molecule has 5 atom stereocenters. The Morgan fingerprint density at radius 3 is 2.83 bits per heavy atom. The van der Waals surface area contributed by atoms with Gasteiger partial charge in [0.1, 0.15) is 0 Å². The zero-order valence-electron chi connectivity index (χ0n) is 14.2. The van der Waals surface area contributed by atoms with E-state index in [0.717, 1.165) is 18.4 Å². The first-order valence-electron chi connectivity index (χ1n) is 8.96. The van der Waals surface area contributed by atoms with Crippen LogP contribution in [0.15, 0.2) is 36.0 Å².